The van der Waals surface area contributed by atoms with Crippen LogP contribution in [0.2, 0.25) is 5.02 Å². The first-order valence-corrected chi connectivity index (χ1v) is 6.54. The zero-order valence-corrected chi connectivity index (χ0v) is 12.4. The number of aryl methyl sites for hydroxylation is 1. The fraction of sp³-hybridized carbons (Fsp3) is 0.385. The minimum Gasteiger partial charge on any atom is -0.338 e. The molecule has 2 aromatic rings. The fourth-order valence-corrected chi connectivity index (χ4v) is 1.69. The zero-order valence-electron chi connectivity index (χ0n) is 11.7. The van der Waals surface area contributed by atoms with Crippen molar-refractivity contribution >= 4 is 23.4 Å². The molecule has 0 unspecified atom stereocenters. The molecular formula is C13H15ClN4O2. The number of hydrogen-bond acceptors (Lipinski definition) is 5. The smallest absolute Gasteiger partial charge is 0.278 e. The molecule has 0 aromatic carbocycles. The van der Waals surface area contributed by atoms with Crippen LogP contribution in [-0.2, 0) is 0 Å². The third kappa shape index (κ3) is 2.80. The van der Waals surface area contributed by atoms with Crippen LogP contribution in [0.15, 0.2) is 10.7 Å². The highest BCUT2D eigenvalue weighted by Gasteiger charge is 2.18. The molecule has 1 amide bonds. The first-order valence-electron chi connectivity index (χ1n) is 6.16. The minimum absolute atomic E-state index is 0.105. The molecule has 0 aliphatic heterocycles. The van der Waals surface area contributed by atoms with Gasteiger partial charge in [0.2, 0.25) is 5.88 Å². The number of amides is 1. The maximum atomic E-state index is 12.2. The Balaban J connectivity index is 2.29. The molecule has 0 saturated carbocycles. The molecule has 0 radical (unpaired) electrons. The molecule has 1 N–H and O–H groups in total. The number of nitrogens with zero attached hydrogens (tertiary/aromatic N) is 3. The molecule has 106 valence electrons. The Labute approximate surface area is 121 Å². The van der Waals surface area contributed by atoms with Gasteiger partial charge in [-0.2, -0.15) is 0 Å². The van der Waals surface area contributed by atoms with Gasteiger partial charge in [-0.25, -0.2) is 9.97 Å². The van der Waals surface area contributed by atoms with Crippen LogP contribution in [0.1, 0.15) is 47.3 Å². The molecule has 7 heteroatoms. The van der Waals surface area contributed by atoms with Crippen molar-refractivity contribution < 1.29 is 9.32 Å². The summed E-state index contributed by atoms with van der Waals surface area (Å²) in [6, 6.07) is 0. The average Bonchev–Trinajstić information content (AvgIpc) is 2.71. The molecule has 0 bridgehead atoms. The van der Waals surface area contributed by atoms with Gasteiger partial charge in [-0.3, -0.25) is 10.1 Å². The van der Waals surface area contributed by atoms with Gasteiger partial charge in [0.25, 0.3) is 5.91 Å². The molecule has 0 saturated heterocycles. The van der Waals surface area contributed by atoms with E-state index in [0.29, 0.717) is 11.7 Å². The van der Waals surface area contributed by atoms with Crippen molar-refractivity contribution in [3.63, 3.8) is 0 Å². The van der Waals surface area contributed by atoms with Crippen molar-refractivity contribution in [2.75, 3.05) is 5.32 Å². The fourth-order valence-electron chi connectivity index (χ4n) is 1.51. The molecule has 0 aliphatic rings. The molecule has 20 heavy (non-hydrogen) atoms. The summed E-state index contributed by atoms with van der Waals surface area (Å²) >= 11 is 5.97. The second-order valence-corrected chi connectivity index (χ2v) is 5.16. The van der Waals surface area contributed by atoms with E-state index in [1.165, 1.54) is 6.20 Å². The highest BCUT2D eigenvalue weighted by atomic mass is 35.5. The summed E-state index contributed by atoms with van der Waals surface area (Å²) in [4.78, 5) is 20.5. The Kier molecular flexibility index (Phi) is 4.04. The standard InChI is InChI=1S/C13H15ClN4O2/c1-6(2)11-15-5-9(14)10(16-11)12(19)17-13-7(3)8(4)18-20-13/h5-6H,1-4H3,(H,17,19). The van der Waals surface area contributed by atoms with Gasteiger partial charge in [0.1, 0.15) is 5.82 Å². The van der Waals surface area contributed by atoms with E-state index in [0.717, 1.165) is 11.3 Å². The van der Waals surface area contributed by atoms with Gasteiger partial charge in [-0.1, -0.05) is 30.6 Å². The largest absolute Gasteiger partial charge is 0.338 e. The first kappa shape index (κ1) is 14.5. The number of nitrogens with one attached hydrogen (secondary N) is 1. The lowest BCUT2D eigenvalue weighted by atomic mass is 10.2. The Bertz CT molecular complexity index is 652. The Morgan fingerprint density at radius 3 is 2.65 bits per heavy atom. The van der Waals surface area contributed by atoms with Gasteiger partial charge in [0.15, 0.2) is 5.69 Å². The third-order valence-corrected chi connectivity index (χ3v) is 3.16. The van der Waals surface area contributed by atoms with E-state index >= 15 is 0 Å². The SMILES string of the molecule is Cc1noc(NC(=O)c2nc(C(C)C)ncc2Cl)c1C. The lowest BCUT2D eigenvalue weighted by molar-refractivity contribution is 0.101. The molecule has 0 spiro atoms. The van der Waals surface area contributed by atoms with E-state index < -0.39 is 5.91 Å². The Morgan fingerprint density at radius 1 is 1.40 bits per heavy atom. The molecular weight excluding hydrogens is 280 g/mol. The van der Waals surface area contributed by atoms with Crippen molar-refractivity contribution in [3.05, 3.63) is 34.0 Å². The molecule has 2 rings (SSSR count). The van der Waals surface area contributed by atoms with E-state index in [1.54, 1.807) is 6.92 Å². The highest BCUT2D eigenvalue weighted by Crippen LogP contribution is 2.21. The number of anilines is 1. The van der Waals surface area contributed by atoms with Gasteiger partial charge >= 0.3 is 0 Å². The summed E-state index contributed by atoms with van der Waals surface area (Å²) in [5, 5.41) is 6.58. The maximum absolute atomic E-state index is 12.2. The highest BCUT2D eigenvalue weighted by molar-refractivity contribution is 6.33. The molecule has 2 aromatic heterocycles. The number of hydrogen-bond donors (Lipinski definition) is 1. The van der Waals surface area contributed by atoms with Crippen LogP contribution < -0.4 is 5.32 Å². The van der Waals surface area contributed by atoms with Crippen LogP contribution in [0.5, 0.6) is 0 Å². The zero-order chi connectivity index (χ0) is 14.9. The first-order chi connectivity index (χ1) is 9.40. The minimum atomic E-state index is -0.446. The quantitative estimate of drug-likeness (QED) is 0.940. The number of carbonyl (C=O) groups is 1. The average molecular weight is 295 g/mol. The van der Waals surface area contributed by atoms with Crippen LogP contribution in [0.3, 0.4) is 0 Å². The number of rotatable bonds is 3. The molecule has 2 heterocycles. The normalized spacial score (nSPS) is 10.9. The van der Waals surface area contributed by atoms with Crippen LogP contribution >= 0.6 is 11.6 Å². The predicted octanol–water partition coefficient (Wildman–Crippen LogP) is 3.11. The molecule has 0 fully saturated rings. The van der Waals surface area contributed by atoms with E-state index in [9.17, 15) is 4.79 Å². The number of aromatic nitrogens is 3. The van der Waals surface area contributed by atoms with Crippen molar-refractivity contribution in [3.8, 4) is 0 Å². The summed E-state index contributed by atoms with van der Waals surface area (Å²) in [5.74, 6) is 0.518. The van der Waals surface area contributed by atoms with Gasteiger partial charge in [-0.15, -0.1) is 0 Å². The van der Waals surface area contributed by atoms with E-state index in [2.05, 4.69) is 20.4 Å². The second kappa shape index (κ2) is 5.58. The van der Waals surface area contributed by atoms with Crippen LogP contribution in [0.4, 0.5) is 5.88 Å². The van der Waals surface area contributed by atoms with Gasteiger partial charge in [0, 0.05) is 11.5 Å². The van der Waals surface area contributed by atoms with Crippen molar-refractivity contribution in [2.24, 2.45) is 0 Å². The van der Waals surface area contributed by atoms with Gasteiger partial charge in [0.05, 0.1) is 16.9 Å². The Morgan fingerprint density at radius 2 is 2.10 bits per heavy atom. The molecule has 0 atom stereocenters. The van der Waals surface area contributed by atoms with Gasteiger partial charge < -0.3 is 4.52 Å². The van der Waals surface area contributed by atoms with Crippen LogP contribution in [-0.4, -0.2) is 21.0 Å². The predicted molar refractivity (Wildman–Crippen MR) is 75.1 cm³/mol. The number of halogens is 1. The third-order valence-electron chi connectivity index (χ3n) is 2.88. The Hall–Kier alpha value is -1.95. The van der Waals surface area contributed by atoms with E-state index in [-0.39, 0.29) is 16.6 Å². The summed E-state index contributed by atoms with van der Waals surface area (Å²) in [5.41, 5.74) is 1.61. The van der Waals surface area contributed by atoms with Crippen molar-refractivity contribution in [1.29, 1.82) is 0 Å². The lowest BCUT2D eigenvalue weighted by Crippen LogP contribution is -2.16. The molecule has 6 nitrogen and oxygen atoms in total. The van der Waals surface area contributed by atoms with Crippen molar-refractivity contribution in [2.45, 2.75) is 33.6 Å². The molecule has 0 aliphatic carbocycles. The summed E-state index contributed by atoms with van der Waals surface area (Å²) in [7, 11) is 0. The topological polar surface area (TPSA) is 80.9 Å². The van der Waals surface area contributed by atoms with Gasteiger partial charge in [-0.05, 0) is 13.8 Å². The lowest BCUT2D eigenvalue weighted by Gasteiger charge is -2.07. The summed E-state index contributed by atoms with van der Waals surface area (Å²) < 4.78 is 5.04. The van der Waals surface area contributed by atoms with Crippen molar-refractivity contribution in [1.82, 2.24) is 15.1 Å². The summed E-state index contributed by atoms with van der Waals surface area (Å²) in [6.07, 6.45) is 1.43. The van der Waals surface area contributed by atoms with E-state index in [4.69, 9.17) is 16.1 Å². The second-order valence-electron chi connectivity index (χ2n) is 4.76. The van der Waals surface area contributed by atoms with Crippen LogP contribution in [0, 0.1) is 13.8 Å². The monoisotopic (exact) mass is 294 g/mol. The number of carbonyl (C=O) groups excluding carboxylic acids is 1. The van der Waals surface area contributed by atoms with Crippen LogP contribution in [0.25, 0.3) is 0 Å². The van der Waals surface area contributed by atoms with E-state index in [1.807, 2.05) is 20.8 Å². The maximum Gasteiger partial charge on any atom is 0.278 e. The summed E-state index contributed by atoms with van der Waals surface area (Å²) in [6.45, 7) is 7.48.